The zero-order valence-electron chi connectivity index (χ0n) is 13.3. The molecule has 0 bridgehead atoms. The molecule has 1 aromatic rings. The van der Waals surface area contributed by atoms with Gasteiger partial charge in [-0.25, -0.2) is 9.97 Å². The maximum Gasteiger partial charge on any atom is 0.237 e. The van der Waals surface area contributed by atoms with Crippen LogP contribution in [-0.4, -0.2) is 57.8 Å². The molecule has 0 radical (unpaired) electrons. The maximum atomic E-state index is 12.0. The van der Waals surface area contributed by atoms with E-state index in [9.17, 15) is 9.59 Å². The third kappa shape index (κ3) is 3.85. The van der Waals surface area contributed by atoms with Crippen molar-refractivity contribution in [2.24, 2.45) is 11.1 Å². The summed E-state index contributed by atoms with van der Waals surface area (Å²) in [4.78, 5) is 35.6. The van der Waals surface area contributed by atoms with Gasteiger partial charge in [0.25, 0.3) is 0 Å². The van der Waals surface area contributed by atoms with Gasteiger partial charge < -0.3 is 10.6 Å². The van der Waals surface area contributed by atoms with E-state index in [1.54, 1.807) is 17.3 Å². The molecule has 0 aromatic carbocycles. The number of nitrogens with zero attached hydrogens (tertiary/aromatic N) is 4. The van der Waals surface area contributed by atoms with E-state index >= 15 is 0 Å². The lowest BCUT2D eigenvalue weighted by molar-refractivity contribution is -0.142. The number of hydrogen-bond donors (Lipinski definition) is 1. The number of nitrogens with two attached hydrogens (primary N) is 1. The van der Waals surface area contributed by atoms with Crippen molar-refractivity contribution in [2.45, 2.75) is 32.2 Å². The van der Waals surface area contributed by atoms with Crippen molar-refractivity contribution < 1.29 is 9.59 Å². The summed E-state index contributed by atoms with van der Waals surface area (Å²) in [7, 11) is 0. The van der Waals surface area contributed by atoms with Gasteiger partial charge in [0, 0.05) is 25.4 Å². The number of amides is 2. The van der Waals surface area contributed by atoms with E-state index in [1.165, 1.54) is 0 Å². The number of piperidine rings is 2. The largest absolute Gasteiger partial charge is 0.368 e. The molecule has 124 valence electrons. The summed E-state index contributed by atoms with van der Waals surface area (Å²) < 4.78 is 0. The molecule has 1 aromatic heterocycles. The second kappa shape index (κ2) is 6.62. The van der Waals surface area contributed by atoms with Gasteiger partial charge in [0.05, 0.1) is 13.1 Å². The van der Waals surface area contributed by atoms with Gasteiger partial charge in [-0.3, -0.25) is 14.5 Å². The van der Waals surface area contributed by atoms with E-state index in [4.69, 9.17) is 5.73 Å². The van der Waals surface area contributed by atoms with Crippen LogP contribution in [0.25, 0.3) is 0 Å². The van der Waals surface area contributed by atoms with Crippen LogP contribution in [0.1, 0.15) is 31.5 Å². The molecule has 0 atom stereocenters. The van der Waals surface area contributed by atoms with Crippen LogP contribution in [-0.2, 0) is 16.1 Å². The molecule has 3 rings (SSSR count). The summed E-state index contributed by atoms with van der Waals surface area (Å²) in [5.41, 5.74) is 5.39. The number of likely N-dealkylation sites (tertiary alicyclic amines) is 2. The molecule has 2 saturated heterocycles. The predicted octanol–water partition coefficient (Wildman–Crippen LogP) is 0.166. The van der Waals surface area contributed by atoms with Crippen LogP contribution < -0.4 is 5.73 Å². The number of aromatic nitrogens is 2. The van der Waals surface area contributed by atoms with E-state index in [1.807, 2.05) is 6.07 Å². The number of hydrogen-bond acceptors (Lipinski definition) is 5. The van der Waals surface area contributed by atoms with Crippen LogP contribution in [0.4, 0.5) is 0 Å². The first-order valence-electron chi connectivity index (χ1n) is 8.11. The van der Waals surface area contributed by atoms with Crippen molar-refractivity contribution in [3.63, 3.8) is 0 Å². The molecular weight excluding hydrogens is 294 g/mol. The van der Waals surface area contributed by atoms with E-state index in [0.29, 0.717) is 13.0 Å². The van der Waals surface area contributed by atoms with Gasteiger partial charge >= 0.3 is 0 Å². The zero-order valence-corrected chi connectivity index (χ0v) is 13.3. The van der Waals surface area contributed by atoms with Crippen molar-refractivity contribution in [1.29, 1.82) is 0 Å². The average Bonchev–Trinajstić information content (AvgIpc) is 2.54. The van der Waals surface area contributed by atoms with Crippen LogP contribution in [0.5, 0.6) is 0 Å². The SMILES string of the molecule is NC(=O)CN1CC2(CCC1=O)CCN(Cc1ncccn1)CC2. The second-order valence-corrected chi connectivity index (χ2v) is 6.66. The second-order valence-electron chi connectivity index (χ2n) is 6.66. The average molecular weight is 317 g/mol. The Morgan fingerprint density at radius 3 is 2.57 bits per heavy atom. The highest BCUT2D eigenvalue weighted by molar-refractivity contribution is 5.84. The monoisotopic (exact) mass is 317 g/mol. The first-order chi connectivity index (χ1) is 11.1. The summed E-state index contributed by atoms with van der Waals surface area (Å²) in [6.07, 6.45) is 7.03. The van der Waals surface area contributed by atoms with E-state index in [-0.39, 0.29) is 17.9 Å². The fourth-order valence-electron chi connectivity index (χ4n) is 3.64. The zero-order chi connectivity index (χ0) is 16.3. The van der Waals surface area contributed by atoms with Gasteiger partial charge in [-0.15, -0.1) is 0 Å². The summed E-state index contributed by atoms with van der Waals surface area (Å²) >= 11 is 0. The molecule has 0 saturated carbocycles. The molecule has 7 heteroatoms. The molecule has 2 N–H and O–H groups in total. The molecule has 23 heavy (non-hydrogen) atoms. The Labute approximate surface area is 135 Å². The number of carbonyl (C=O) groups excluding carboxylic acids is 2. The summed E-state index contributed by atoms with van der Waals surface area (Å²) in [6, 6.07) is 1.82. The minimum Gasteiger partial charge on any atom is -0.368 e. The summed E-state index contributed by atoms with van der Waals surface area (Å²) in [6.45, 7) is 3.40. The van der Waals surface area contributed by atoms with Gasteiger partial charge in [-0.1, -0.05) is 0 Å². The lowest BCUT2D eigenvalue weighted by Crippen LogP contribution is -2.53. The third-order valence-electron chi connectivity index (χ3n) is 5.00. The van der Waals surface area contributed by atoms with Crippen LogP contribution in [0.2, 0.25) is 0 Å². The predicted molar refractivity (Wildman–Crippen MR) is 84.0 cm³/mol. The molecule has 0 unspecified atom stereocenters. The van der Waals surface area contributed by atoms with Gasteiger partial charge in [-0.05, 0) is 43.8 Å². The molecule has 2 aliphatic rings. The summed E-state index contributed by atoms with van der Waals surface area (Å²) in [5, 5.41) is 0. The molecule has 2 fully saturated rings. The van der Waals surface area contributed by atoms with E-state index < -0.39 is 5.91 Å². The smallest absolute Gasteiger partial charge is 0.237 e. The van der Waals surface area contributed by atoms with Gasteiger partial charge in [-0.2, -0.15) is 0 Å². The fraction of sp³-hybridized carbons (Fsp3) is 0.625. The number of rotatable bonds is 4. The Hall–Kier alpha value is -2.02. The molecule has 3 heterocycles. The molecular formula is C16H23N5O2. The van der Waals surface area contributed by atoms with Crippen molar-refractivity contribution >= 4 is 11.8 Å². The standard InChI is InChI=1S/C16H23N5O2/c17-13(22)10-21-12-16(3-2-15(21)23)4-8-20(9-5-16)11-14-18-6-1-7-19-14/h1,6-7H,2-5,8-12H2,(H2,17,22). The lowest BCUT2D eigenvalue weighted by Gasteiger charge is -2.47. The highest BCUT2D eigenvalue weighted by Gasteiger charge is 2.41. The summed E-state index contributed by atoms with van der Waals surface area (Å²) in [5.74, 6) is 0.459. The van der Waals surface area contributed by atoms with Crippen molar-refractivity contribution in [2.75, 3.05) is 26.2 Å². The van der Waals surface area contributed by atoms with Crippen molar-refractivity contribution in [3.05, 3.63) is 24.3 Å². The van der Waals surface area contributed by atoms with E-state index in [2.05, 4.69) is 14.9 Å². The van der Waals surface area contributed by atoms with Crippen LogP contribution >= 0.6 is 0 Å². The first-order valence-corrected chi connectivity index (χ1v) is 8.11. The van der Waals surface area contributed by atoms with Gasteiger partial charge in [0.15, 0.2) is 0 Å². The first kappa shape index (κ1) is 15.9. The van der Waals surface area contributed by atoms with Crippen LogP contribution in [0, 0.1) is 5.41 Å². The number of carbonyl (C=O) groups is 2. The van der Waals surface area contributed by atoms with Crippen LogP contribution in [0.3, 0.4) is 0 Å². The molecule has 0 aliphatic carbocycles. The minimum absolute atomic E-state index is 0.0438. The van der Waals surface area contributed by atoms with Gasteiger partial charge in [0.1, 0.15) is 5.82 Å². The Balaban J connectivity index is 1.57. The maximum absolute atomic E-state index is 12.0. The molecule has 1 spiro atoms. The highest BCUT2D eigenvalue weighted by Crippen LogP contribution is 2.40. The normalized spacial score (nSPS) is 21.6. The van der Waals surface area contributed by atoms with E-state index in [0.717, 1.165) is 44.7 Å². The minimum atomic E-state index is -0.436. The quantitative estimate of drug-likeness (QED) is 0.854. The van der Waals surface area contributed by atoms with Crippen molar-refractivity contribution in [1.82, 2.24) is 19.8 Å². The van der Waals surface area contributed by atoms with Crippen LogP contribution in [0.15, 0.2) is 18.5 Å². The Bertz CT molecular complexity index is 569. The Morgan fingerprint density at radius 2 is 1.91 bits per heavy atom. The molecule has 2 aliphatic heterocycles. The molecule has 7 nitrogen and oxygen atoms in total. The molecule has 2 amide bonds. The lowest BCUT2D eigenvalue weighted by atomic mass is 9.72. The third-order valence-corrected chi connectivity index (χ3v) is 5.00. The Kier molecular flexibility index (Phi) is 4.56. The van der Waals surface area contributed by atoms with Crippen molar-refractivity contribution in [3.8, 4) is 0 Å². The topological polar surface area (TPSA) is 92.4 Å². The highest BCUT2D eigenvalue weighted by atomic mass is 16.2. The Morgan fingerprint density at radius 1 is 1.22 bits per heavy atom. The van der Waals surface area contributed by atoms with Gasteiger partial charge in [0.2, 0.25) is 11.8 Å². The number of primary amides is 1. The fourth-order valence-corrected chi connectivity index (χ4v) is 3.64.